The molecule has 2 heterocycles. The Hall–Kier alpha value is -2.97. The fraction of sp³-hybridized carbons (Fsp3) is 0.250. The number of aryl methyl sites for hydroxylation is 1. The van der Waals surface area contributed by atoms with E-state index in [0.29, 0.717) is 11.4 Å². The van der Waals surface area contributed by atoms with E-state index in [9.17, 15) is 9.59 Å². The maximum atomic E-state index is 11.8. The van der Waals surface area contributed by atoms with Crippen molar-refractivity contribution >= 4 is 11.8 Å². The Bertz CT molecular complexity index is 685. The molecule has 3 N–H and O–H groups in total. The van der Waals surface area contributed by atoms with Crippen molar-refractivity contribution in [3.63, 3.8) is 0 Å². The summed E-state index contributed by atoms with van der Waals surface area (Å²) in [4.78, 5) is 27.2. The first-order valence-corrected chi connectivity index (χ1v) is 6.15. The number of aromatic nitrogens is 5. The van der Waals surface area contributed by atoms with Gasteiger partial charge in [0.25, 0.3) is 11.7 Å². The highest BCUT2D eigenvalue weighted by Gasteiger charge is 2.14. The standard InChI is InChI=1S/C12H15N7O2/c1-7(2)11(20)13-6-14-12(21)10-16-18-19(17-10)9-5-4-8(3)15-9/h4-5,15H,1,6H2,2-3H3,(H,13,20)(H,14,21). The van der Waals surface area contributed by atoms with Crippen LogP contribution < -0.4 is 10.6 Å². The average Bonchev–Trinajstić information content (AvgIpc) is 3.06. The predicted molar refractivity (Wildman–Crippen MR) is 73.5 cm³/mol. The number of tetrazole rings is 1. The lowest BCUT2D eigenvalue weighted by atomic mass is 10.3. The highest BCUT2D eigenvalue weighted by Crippen LogP contribution is 2.03. The molecule has 0 spiro atoms. The summed E-state index contributed by atoms with van der Waals surface area (Å²) in [5.41, 5.74) is 1.30. The SMILES string of the molecule is C=C(C)C(=O)NCNC(=O)c1nnn(-c2ccc(C)[nH]2)n1. The van der Waals surface area contributed by atoms with E-state index in [2.05, 4.69) is 37.6 Å². The van der Waals surface area contributed by atoms with E-state index in [4.69, 9.17) is 0 Å². The second-order valence-electron chi connectivity index (χ2n) is 4.40. The molecular weight excluding hydrogens is 274 g/mol. The number of rotatable bonds is 5. The first-order valence-electron chi connectivity index (χ1n) is 6.15. The number of H-pyrrole nitrogens is 1. The zero-order valence-corrected chi connectivity index (χ0v) is 11.7. The van der Waals surface area contributed by atoms with Crippen molar-refractivity contribution in [1.82, 2.24) is 35.8 Å². The topological polar surface area (TPSA) is 118 Å². The number of hydrogen-bond donors (Lipinski definition) is 3. The van der Waals surface area contributed by atoms with Crippen LogP contribution in [0, 0.1) is 6.92 Å². The minimum Gasteiger partial charge on any atom is -0.343 e. The fourth-order valence-electron chi connectivity index (χ4n) is 1.45. The number of aromatic amines is 1. The summed E-state index contributed by atoms with van der Waals surface area (Å²) in [7, 11) is 0. The van der Waals surface area contributed by atoms with Crippen LogP contribution in [-0.4, -0.2) is 43.7 Å². The Morgan fingerprint density at radius 3 is 2.76 bits per heavy atom. The summed E-state index contributed by atoms with van der Waals surface area (Å²) >= 11 is 0. The Labute approximate surface area is 120 Å². The first kappa shape index (κ1) is 14.4. The van der Waals surface area contributed by atoms with Crippen LogP contribution in [0.4, 0.5) is 0 Å². The van der Waals surface area contributed by atoms with Gasteiger partial charge in [-0.05, 0) is 31.2 Å². The van der Waals surface area contributed by atoms with Crippen molar-refractivity contribution in [2.45, 2.75) is 13.8 Å². The minimum atomic E-state index is -0.536. The van der Waals surface area contributed by atoms with Gasteiger partial charge in [0.15, 0.2) is 5.82 Å². The molecule has 0 aromatic carbocycles. The van der Waals surface area contributed by atoms with Crippen LogP contribution in [0.2, 0.25) is 0 Å². The second-order valence-corrected chi connectivity index (χ2v) is 4.40. The number of nitrogens with one attached hydrogen (secondary N) is 3. The van der Waals surface area contributed by atoms with E-state index in [0.717, 1.165) is 5.69 Å². The van der Waals surface area contributed by atoms with E-state index in [1.54, 1.807) is 13.0 Å². The quantitative estimate of drug-likeness (QED) is 0.515. The molecule has 0 atom stereocenters. The van der Waals surface area contributed by atoms with E-state index in [-0.39, 0.29) is 18.4 Å². The fourth-order valence-corrected chi connectivity index (χ4v) is 1.45. The Morgan fingerprint density at radius 2 is 2.14 bits per heavy atom. The van der Waals surface area contributed by atoms with Crippen molar-refractivity contribution in [2.24, 2.45) is 0 Å². The zero-order chi connectivity index (χ0) is 15.4. The molecule has 2 aromatic heterocycles. The Kier molecular flexibility index (Phi) is 4.12. The van der Waals surface area contributed by atoms with Gasteiger partial charge in [-0.2, -0.15) is 0 Å². The van der Waals surface area contributed by atoms with Gasteiger partial charge in [-0.1, -0.05) is 6.58 Å². The molecule has 0 aliphatic rings. The van der Waals surface area contributed by atoms with Crippen LogP contribution in [0.3, 0.4) is 0 Å². The van der Waals surface area contributed by atoms with E-state index in [1.807, 2.05) is 13.0 Å². The van der Waals surface area contributed by atoms with Gasteiger partial charge in [0, 0.05) is 11.3 Å². The molecule has 0 saturated carbocycles. The third kappa shape index (κ3) is 3.53. The van der Waals surface area contributed by atoms with Gasteiger partial charge in [-0.25, -0.2) is 0 Å². The number of carbonyl (C=O) groups excluding carboxylic acids is 2. The second kappa shape index (κ2) is 5.99. The molecule has 2 amide bonds. The van der Waals surface area contributed by atoms with E-state index >= 15 is 0 Å². The van der Waals surface area contributed by atoms with Crippen molar-refractivity contribution in [2.75, 3.05) is 6.67 Å². The van der Waals surface area contributed by atoms with Gasteiger partial charge in [-0.15, -0.1) is 15.0 Å². The molecule has 2 rings (SSSR count). The van der Waals surface area contributed by atoms with Crippen LogP contribution in [0.25, 0.3) is 5.82 Å². The van der Waals surface area contributed by atoms with E-state index in [1.165, 1.54) is 4.80 Å². The zero-order valence-electron chi connectivity index (χ0n) is 11.7. The summed E-state index contributed by atoms with van der Waals surface area (Å²) in [6, 6.07) is 3.62. The average molecular weight is 289 g/mol. The Balaban J connectivity index is 1.93. The predicted octanol–water partition coefficient (Wildman–Crippen LogP) is -0.322. The maximum Gasteiger partial charge on any atom is 0.294 e. The van der Waals surface area contributed by atoms with Gasteiger partial charge in [0.2, 0.25) is 5.91 Å². The summed E-state index contributed by atoms with van der Waals surface area (Å²) in [6.07, 6.45) is 0. The molecule has 0 aliphatic carbocycles. The third-order valence-corrected chi connectivity index (χ3v) is 2.53. The molecule has 110 valence electrons. The number of hydrogen-bond acceptors (Lipinski definition) is 5. The number of amides is 2. The summed E-state index contributed by atoms with van der Waals surface area (Å²) in [5, 5.41) is 16.3. The van der Waals surface area contributed by atoms with Crippen molar-refractivity contribution in [3.05, 3.63) is 35.8 Å². The van der Waals surface area contributed by atoms with Crippen LogP contribution in [0.5, 0.6) is 0 Å². The minimum absolute atomic E-state index is 0.0410. The largest absolute Gasteiger partial charge is 0.343 e. The normalized spacial score (nSPS) is 10.2. The monoisotopic (exact) mass is 289 g/mol. The molecular formula is C12H15N7O2. The molecule has 0 aliphatic heterocycles. The maximum absolute atomic E-state index is 11.8. The Morgan fingerprint density at radius 1 is 1.38 bits per heavy atom. The molecule has 0 unspecified atom stereocenters. The van der Waals surface area contributed by atoms with Gasteiger partial charge >= 0.3 is 0 Å². The van der Waals surface area contributed by atoms with Gasteiger partial charge in [0.1, 0.15) is 0 Å². The molecule has 0 fully saturated rings. The lowest BCUT2D eigenvalue weighted by Crippen LogP contribution is -2.37. The molecule has 9 heteroatoms. The van der Waals surface area contributed by atoms with Crippen LogP contribution >= 0.6 is 0 Å². The van der Waals surface area contributed by atoms with E-state index < -0.39 is 5.91 Å². The third-order valence-electron chi connectivity index (χ3n) is 2.53. The van der Waals surface area contributed by atoms with Gasteiger partial charge in [0.05, 0.1) is 6.67 Å². The highest BCUT2D eigenvalue weighted by molar-refractivity contribution is 5.93. The molecule has 0 saturated heterocycles. The summed E-state index contributed by atoms with van der Waals surface area (Å²) < 4.78 is 0. The molecule has 2 aromatic rings. The van der Waals surface area contributed by atoms with Crippen LogP contribution in [0.15, 0.2) is 24.3 Å². The lowest BCUT2D eigenvalue weighted by molar-refractivity contribution is -0.117. The number of carbonyl (C=O) groups is 2. The first-order chi connectivity index (χ1) is 9.97. The van der Waals surface area contributed by atoms with Crippen LogP contribution in [-0.2, 0) is 4.79 Å². The van der Waals surface area contributed by atoms with Crippen molar-refractivity contribution in [3.8, 4) is 5.82 Å². The molecule has 0 bridgehead atoms. The molecule has 0 radical (unpaired) electrons. The van der Waals surface area contributed by atoms with Crippen molar-refractivity contribution in [1.29, 1.82) is 0 Å². The van der Waals surface area contributed by atoms with Gasteiger partial charge in [-0.3, -0.25) is 9.59 Å². The van der Waals surface area contributed by atoms with Crippen molar-refractivity contribution < 1.29 is 9.59 Å². The smallest absolute Gasteiger partial charge is 0.294 e. The molecule has 21 heavy (non-hydrogen) atoms. The van der Waals surface area contributed by atoms with Crippen LogP contribution in [0.1, 0.15) is 23.2 Å². The highest BCUT2D eigenvalue weighted by atomic mass is 16.2. The van der Waals surface area contributed by atoms with Gasteiger partial charge < -0.3 is 15.6 Å². The number of nitrogens with zero attached hydrogens (tertiary/aromatic N) is 4. The lowest BCUT2D eigenvalue weighted by Gasteiger charge is -2.04. The summed E-state index contributed by atoms with van der Waals surface area (Å²) in [5.74, 6) is -0.359. The summed E-state index contributed by atoms with van der Waals surface area (Å²) in [6.45, 7) is 6.90. The molecule has 9 nitrogen and oxygen atoms in total.